The van der Waals surface area contributed by atoms with Gasteiger partial charge in [0.1, 0.15) is 0 Å². The maximum absolute atomic E-state index is 10.6. The Morgan fingerprint density at radius 1 is 1.03 bits per heavy atom. The zero-order chi connectivity index (χ0) is 24.6. The van der Waals surface area contributed by atoms with Gasteiger partial charge in [0.2, 0.25) is 0 Å². The van der Waals surface area contributed by atoms with E-state index in [0.717, 1.165) is 39.4 Å². The highest BCUT2D eigenvalue weighted by atomic mass is 19.4. The van der Waals surface area contributed by atoms with Crippen molar-refractivity contribution in [2.24, 2.45) is 0 Å². The number of rotatable bonds is 2. The van der Waals surface area contributed by atoms with E-state index in [0.29, 0.717) is 5.54 Å². The van der Waals surface area contributed by atoms with Crippen molar-refractivity contribution in [3.63, 3.8) is 0 Å². The fraction of sp³-hybridized carbons (Fsp3) is 0.667. The number of carboxylic acids is 2. The van der Waals surface area contributed by atoms with Crippen molar-refractivity contribution in [1.29, 1.82) is 0 Å². The van der Waals surface area contributed by atoms with Gasteiger partial charge in [0, 0.05) is 37.3 Å². The number of alkyl halides is 6. The van der Waals surface area contributed by atoms with Crippen LogP contribution >= 0.6 is 0 Å². The summed E-state index contributed by atoms with van der Waals surface area (Å²) in [4.78, 5) is 22.8. The van der Waals surface area contributed by atoms with Crippen molar-refractivity contribution in [2.45, 2.75) is 37.3 Å². The number of ether oxygens (including phenoxy) is 1. The third-order valence-electron chi connectivity index (χ3n) is 5.01. The van der Waals surface area contributed by atoms with Crippen molar-refractivity contribution in [2.75, 3.05) is 39.9 Å². The molecule has 0 radical (unpaired) electrons. The maximum atomic E-state index is 10.6. The van der Waals surface area contributed by atoms with Gasteiger partial charge in [0.25, 0.3) is 0 Å². The highest BCUT2D eigenvalue weighted by Gasteiger charge is 2.40. The van der Waals surface area contributed by atoms with E-state index in [9.17, 15) is 26.3 Å². The number of furan rings is 1. The van der Waals surface area contributed by atoms with Gasteiger partial charge in [0.15, 0.2) is 0 Å². The molecule has 2 aliphatic heterocycles. The average Bonchev–Trinajstić information content (AvgIpc) is 3.19. The van der Waals surface area contributed by atoms with Crippen LogP contribution in [-0.2, 0) is 20.9 Å². The van der Waals surface area contributed by atoms with Crippen molar-refractivity contribution < 1.29 is 55.3 Å². The zero-order valence-electron chi connectivity index (χ0n) is 17.1. The lowest BCUT2D eigenvalue weighted by Gasteiger charge is -2.49. The Balaban J connectivity index is 0.000000305. The second-order valence-electron chi connectivity index (χ2n) is 7.21. The van der Waals surface area contributed by atoms with E-state index in [4.69, 9.17) is 29.0 Å². The standard InChI is InChI=1S/C14H22N2O2.2C2HF3O2/c1-15-7-9-18-12-14(15)3-5-16(6-4-14)10-13-2-8-17-11-13;2*3-2(4,5)1(6)7/h2,8,11H,3-7,9-10,12H2,1H3;2*(H,6,7). The number of hydrogen-bond acceptors (Lipinski definition) is 6. The van der Waals surface area contributed by atoms with Gasteiger partial charge >= 0.3 is 24.3 Å². The molecule has 1 spiro atoms. The Hall–Kier alpha value is -2.32. The van der Waals surface area contributed by atoms with E-state index in [1.807, 2.05) is 6.26 Å². The molecule has 3 heterocycles. The molecule has 0 atom stereocenters. The van der Waals surface area contributed by atoms with E-state index in [1.54, 1.807) is 6.26 Å². The molecule has 1 aromatic heterocycles. The number of likely N-dealkylation sites (tertiary alicyclic amines) is 1. The number of carbonyl (C=O) groups is 2. The quantitative estimate of drug-likeness (QED) is 0.626. The molecule has 0 saturated carbocycles. The minimum Gasteiger partial charge on any atom is -0.475 e. The Labute approximate surface area is 179 Å². The summed E-state index contributed by atoms with van der Waals surface area (Å²) in [6.07, 6.45) is -4.15. The largest absolute Gasteiger partial charge is 0.490 e. The summed E-state index contributed by atoms with van der Waals surface area (Å²) in [7, 11) is 2.24. The van der Waals surface area contributed by atoms with Gasteiger partial charge in [-0.1, -0.05) is 0 Å². The highest BCUT2D eigenvalue weighted by molar-refractivity contribution is 5.73. The van der Waals surface area contributed by atoms with Gasteiger partial charge in [-0.3, -0.25) is 9.80 Å². The second kappa shape index (κ2) is 11.5. The number of piperidine rings is 1. The first-order valence-corrected chi connectivity index (χ1v) is 9.30. The first kappa shape index (κ1) is 27.7. The van der Waals surface area contributed by atoms with Crippen molar-refractivity contribution in [3.8, 4) is 0 Å². The average molecular weight is 478 g/mol. The number of likely N-dealkylation sites (N-methyl/N-ethyl adjacent to an activating group) is 1. The molecule has 0 amide bonds. The van der Waals surface area contributed by atoms with E-state index < -0.39 is 24.3 Å². The predicted octanol–water partition coefficient (Wildman–Crippen LogP) is 2.84. The minimum absolute atomic E-state index is 0.297. The van der Waals surface area contributed by atoms with Crippen LogP contribution in [0, 0.1) is 0 Å². The van der Waals surface area contributed by atoms with Gasteiger partial charge in [0.05, 0.1) is 25.7 Å². The topological polar surface area (TPSA) is 103 Å². The molecule has 14 heteroatoms. The molecule has 2 aliphatic rings. The number of nitrogens with zero attached hydrogens (tertiary/aromatic N) is 2. The van der Waals surface area contributed by atoms with E-state index in [1.165, 1.54) is 18.4 Å². The summed E-state index contributed by atoms with van der Waals surface area (Å²) in [6, 6.07) is 2.06. The maximum Gasteiger partial charge on any atom is 0.490 e. The molecule has 184 valence electrons. The van der Waals surface area contributed by atoms with E-state index in [2.05, 4.69) is 22.9 Å². The number of carboxylic acid groups (broad SMARTS) is 2. The minimum atomic E-state index is -5.08. The summed E-state index contributed by atoms with van der Waals surface area (Å²) in [6.45, 7) is 6.18. The number of aliphatic carboxylic acids is 2. The SMILES string of the molecule is CN1CCOCC12CCN(Cc1ccoc1)CC2.O=C(O)C(F)(F)F.O=C(O)C(F)(F)F. The van der Waals surface area contributed by atoms with Crippen molar-refractivity contribution >= 4 is 11.9 Å². The van der Waals surface area contributed by atoms with Crippen LogP contribution in [0.2, 0.25) is 0 Å². The van der Waals surface area contributed by atoms with Crippen LogP contribution in [0.5, 0.6) is 0 Å². The summed E-state index contributed by atoms with van der Waals surface area (Å²) < 4.78 is 74.3. The monoisotopic (exact) mass is 478 g/mol. The Bertz CT molecular complexity index is 691. The zero-order valence-corrected chi connectivity index (χ0v) is 17.1. The van der Waals surface area contributed by atoms with E-state index >= 15 is 0 Å². The number of morpholine rings is 1. The summed E-state index contributed by atoms with van der Waals surface area (Å²) in [5.74, 6) is -5.51. The lowest BCUT2D eigenvalue weighted by molar-refractivity contribution is -0.193. The summed E-state index contributed by atoms with van der Waals surface area (Å²) >= 11 is 0. The predicted molar refractivity (Wildman–Crippen MR) is 96.8 cm³/mol. The first-order valence-electron chi connectivity index (χ1n) is 9.30. The van der Waals surface area contributed by atoms with Crippen LogP contribution in [0.1, 0.15) is 18.4 Å². The number of hydrogen-bond donors (Lipinski definition) is 2. The Kier molecular flexibility index (Phi) is 9.97. The molecular formula is C18H24F6N2O6. The van der Waals surface area contributed by atoms with Gasteiger partial charge < -0.3 is 19.4 Å². The third kappa shape index (κ3) is 9.04. The van der Waals surface area contributed by atoms with Crippen LogP contribution < -0.4 is 0 Å². The summed E-state index contributed by atoms with van der Waals surface area (Å²) in [5, 5.41) is 14.2. The van der Waals surface area contributed by atoms with E-state index in [-0.39, 0.29) is 0 Å². The Morgan fingerprint density at radius 2 is 1.53 bits per heavy atom. The van der Waals surface area contributed by atoms with Crippen LogP contribution in [0.15, 0.2) is 23.0 Å². The molecule has 0 aliphatic carbocycles. The van der Waals surface area contributed by atoms with Crippen LogP contribution in [0.25, 0.3) is 0 Å². The molecule has 32 heavy (non-hydrogen) atoms. The van der Waals surface area contributed by atoms with Gasteiger partial charge in [-0.15, -0.1) is 0 Å². The lowest BCUT2D eigenvalue weighted by atomic mass is 9.85. The molecule has 0 unspecified atom stereocenters. The second-order valence-corrected chi connectivity index (χ2v) is 7.21. The van der Waals surface area contributed by atoms with Gasteiger partial charge in [-0.25, -0.2) is 9.59 Å². The van der Waals surface area contributed by atoms with Gasteiger partial charge in [-0.05, 0) is 26.0 Å². The normalized spacial score (nSPS) is 19.3. The molecule has 8 nitrogen and oxygen atoms in total. The van der Waals surface area contributed by atoms with Crippen molar-refractivity contribution in [3.05, 3.63) is 24.2 Å². The highest BCUT2D eigenvalue weighted by Crippen LogP contribution is 2.31. The lowest BCUT2D eigenvalue weighted by Crippen LogP contribution is -2.59. The van der Waals surface area contributed by atoms with Crippen LogP contribution in [0.3, 0.4) is 0 Å². The molecule has 2 saturated heterocycles. The molecule has 0 aromatic carbocycles. The Morgan fingerprint density at radius 3 is 1.91 bits per heavy atom. The van der Waals surface area contributed by atoms with Crippen LogP contribution in [0.4, 0.5) is 26.3 Å². The van der Waals surface area contributed by atoms with Crippen LogP contribution in [-0.4, -0.2) is 89.7 Å². The molecule has 1 aromatic rings. The molecule has 3 rings (SSSR count). The molecular weight excluding hydrogens is 454 g/mol. The molecule has 0 bridgehead atoms. The fourth-order valence-electron chi connectivity index (χ4n) is 3.11. The first-order chi connectivity index (χ1) is 14.7. The number of halogens is 6. The molecule has 2 fully saturated rings. The fourth-order valence-corrected chi connectivity index (χ4v) is 3.11. The summed E-state index contributed by atoms with van der Waals surface area (Å²) in [5.41, 5.74) is 1.57. The molecule has 2 N–H and O–H groups in total. The third-order valence-corrected chi connectivity index (χ3v) is 5.01. The van der Waals surface area contributed by atoms with Gasteiger partial charge in [-0.2, -0.15) is 26.3 Å². The van der Waals surface area contributed by atoms with Crippen molar-refractivity contribution in [1.82, 2.24) is 9.80 Å². The smallest absolute Gasteiger partial charge is 0.475 e.